The fourth-order valence-electron chi connectivity index (χ4n) is 0.998. The molecule has 6 nitrogen and oxygen atoms in total. The molecule has 82 valence electrons. The van der Waals surface area contributed by atoms with E-state index in [0.717, 1.165) is 13.0 Å². The summed E-state index contributed by atoms with van der Waals surface area (Å²) >= 11 is 0. The maximum Gasteiger partial charge on any atom is 0.302 e. The van der Waals surface area contributed by atoms with Gasteiger partial charge >= 0.3 is 5.97 Å². The minimum absolute atomic E-state index is 0.247. The van der Waals surface area contributed by atoms with Gasteiger partial charge in [0.1, 0.15) is 6.61 Å². The van der Waals surface area contributed by atoms with Crippen molar-refractivity contribution in [3.8, 4) is 23.0 Å². The van der Waals surface area contributed by atoms with Crippen molar-refractivity contribution in [2.24, 2.45) is 0 Å². The first kappa shape index (κ1) is 11.0. The molecule has 0 heterocycles. The maximum absolute atomic E-state index is 10.5. The predicted molar refractivity (Wildman–Crippen MR) is 48.6 cm³/mol. The zero-order valence-corrected chi connectivity index (χ0v) is 7.89. The highest BCUT2D eigenvalue weighted by Gasteiger charge is 2.17. The van der Waals surface area contributed by atoms with Gasteiger partial charge in [-0.3, -0.25) is 4.79 Å². The molecule has 0 aliphatic rings. The first-order valence-electron chi connectivity index (χ1n) is 4.02. The van der Waals surface area contributed by atoms with Crippen molar-refractivity contribution >= 4 is 5.97 Å². The Bertz CT molecular complexity index is 372. The first-order chi connectivity index (χ1) is 6.93. The number of hydrogen-bond donors (Lipinski definition) is 4. The molecule has 0 spiro atoms. The highest BCUT2D eigenvalue weighted by molar-refractivity contribution is 5.66. The van der Waals surface area contributed by atoms with E-state index in [-0.39, 0.29) is 5.56 Å². The van der Waals surface area contributed by atoms with Crippen LogP contribution < -0.4 is 0 Å². The Morgan fingerprint density at radius 2 is 1.67 bits per heavy atom. The molecule has 6 heteroatoms. The van der Waals surface area contributed by atoms with Gasteiger partial charge in [-0.15, -0.1) is 0 Å². The van der Waals surface area contributed by atoms with Crippen LogP contribution in [0.1, 0.15) is 12.5 Å². The Morgan fingerprint density at radius 3 is 2.07 bits per heavy atom. The summed E-state index contributed by atoms with van der Waals surface area (Å²) in [6, 6.07) is 0.780. The lowest BCUT2D eigenvalue weighted by Crippen LogP contribution is -1.99. The SMILES string of the molecule is CC(=O)OCc1c(O)c(O)cc(O)c1O. The van der Waals surface area contributed by atoms with Crippen molar-refractivity contribution < 1.29 is 30.0 Å². The van der Waals surface area contributed by atoms with Crippen LogP contribution >= 0.6 is 0 Å². The third-order valence-electron chi connectivity index (χ3n) is 1.75. The lowest BCUT2D eigenvalue weighted by atomic mass is 10.1. The first-order valence-corrected chi connectivity index (χ1v) is 4.02. The van der Waals surface area contributed by atoms with E-state index in [1.807, 2.05) is 0 Å². The Kier molecular flexibility index (Phi) is 2.89. The normalized spacial score (nSPS) is 9.93. The van der Waals surface area contributed by atoms with E-state index >= 15 is 0 Å². The molecule has 1 rings (SSSR count). The molecule has 0 bridgehead atoms. The second-order valence-corrected chi connectivity index (χ2v) is 2.87. The fraction of sp³-hybridized carbons (Fsp3) is 0.222. The van der Waals surface area contributed by atoms with Gasteiger partial charge in [-0.2, -0.15) is 0 Å². The van der Waals surface area contributed by atoms with E-state index in [1.54, 1.807) is 0 Å². The van der Waals surface area contributed by atoms with E-state index in [4.69, 9.17) is 10.2 Å². The van der Waals surface area contributed by atoms with Gasteiger partial charge < -0.3 is 25.2 Å². The van der Waals surface area contributed by atoms with Gasteiger partial charge in [0.2, 0.25) is 0 Å². The molecule has 1 aromatic rings. The van der Waals surface area contributed by atoms with Gasteiger partial charge in [0.05, 0.1) is 5.56 Å². The topological polar surface area (TPSA) is 107 Å². The average Bonchev–Trinajstić information content (AvgIpc) is 2.14. The number of esters is 1. The zero-order valence-electron chi connectivity index (χ0n) is 7.89. The van der Waals surface area contributed by atoms with Crippen LogP contribution in [0.5, 0.6) is 23.0 Å². The summed E-state index contributed by atoms with van der Waals surface area (Å²) in [6.45, 7) is 0.714. The molecule has 0 aliphatic carbocycles. The smallest absolute Gasteiger partial charge is 0.302 e. The van der Waals surface area contributed by atoms with Crippen LogP contribution in [-0.4, -0.2) is 26.4 Å². The molecule has 0 aromatic heterocycles. The van der Waals surface area contributed by atoms with E-state index in [2.05, 4.69) is 4.74 Å². The number of rotatable bonds is 2. The average molecular weight is 214 g/mol. The van der Waals surface area contributed by atoms with Gasteiger partial charge in [0.25, 0.3) is 0 Å². The monoisotopic (exact) mass is 214 g/mol. The summed E-state index contributed by atoms with van der Waals surface area (Å²) in [4.78, 5) is 10.5. The summed E-state index contributed by atoms with van der Waals surface area (Å²) in [6.07, 6.45) is 0. The third kappa shape index (κ3) is 2.22. The van der Waals surface area contributed by atoms with E-state index in [0.29, 0.717) is 0 Å². The number of phenols is 4. The van der Waals surface area contributed by atoms with Crippen LogP contribution in [0.2, 0.25) is 0 Å². The van der Waals surface area contributed by atoms with Crippen LogP contribution in [0.25, 0.3) is 0 Å². The number of phenolic OH excluding ortho intramolecular Hbond substituents is 4. The summed E-state index contributed by atoms with van der Waals surface area (Å²) < 4.78 is 4.52. The predicted octanol–water partition coefficient (Wildman–Crippen LogP) is 0.572. The van der Waals surface area contributed by atoms with Crippen molar-refractivity contribution in [1.29, 1.82) is 0 Å². The van der Waals surface area contributed by atoms with Crippen LogP contribution in [0.15, 0.2) is 6.07 Å². The second-order valence-electron chi connectivity index (χ2n) is 2.87. The van der Waals surface area contributed by atoms with Crippen molar-refractivity contribution in [2.75, 3.05) is 0 Å². The Hall–Kier alpha value is -2.11. The lowest BCUT2D eigenvalue weighted by Gasteiger charge is -2.09. The van der Waals surface area contributed by atoms with Crippen molar-refractivity contribution in [1.82, 2.24) is 0 Å². The summed E-state index contributed by atoms with van der Waals surface area (Å²) in [7, 11) is 0. The lowest BCUT2D eigenvalue weighted by molar-refractivity contribution is -0.142. The van der Waals surface area contributed by atoms with Gasteiger partial charge in [-0.1, -0.05) is 0 Å². The van der Waals surface area contributed by atoms with E-state index in [1.165, 1.54) is 0 Å². The van der Waals surface area contributed by atoms with Gasteiger partial charge in [0, 0.05) is 13.0 Å². The molecule has 0 unspecified atom stereocenters. The van der Waals surface area contributed by atoms with Crippen LogP contribution in [0.4, 0.5) is 0 Å². The molecule has 0 saturated heterocycles. The van der Waals surface area contributed by atoms with Gasteiger partial charge in [-0.25, -0.2) is 0 Å². The molecule has 0 saturated carbocycles. The van der Waals surface area contributed by atoms with E-state index in [9.17, 15) is 15.0 Å². The molecule has 0 aliphatic heterocycles. The maximum atomic E-state index is 10.5. The zero-order chi connectivity index (χ0) is 11.6. The number of carbonyl (C=O) groups excluding carboxylic acids is 1. The van der Waals surface area contributed by atoms with Gasteiger partial charge in [0.15, 0.2) is 23.0 Å². The van der Waals surface area contributed by atoms with Crippen molar-refractivity contribution in [3.63, 3.8) is 0 Å². The molecule has 4 N–H and O–H groups in total. The standard InChI is InChI=1S/C9H10O6/c1-4(10)15-3-5-8(13)6(11)2-7(12)9(5)14/h2,11-14H,3H2,1H3. The number of ether oxygens (including phenoxy) is 1. The molecule has 1 aromatic carbocycles. The highest BCUT2D eigenvalue weighted by Crippen LogP contribution is 2.42. The van der Waals surface area contributed by atoms with Crippen molar-refractivity contribution in [2.45, 2.75) is 13.5 Å². The van der Waals surface area contributed by atoms with Crippen LogP contribution in [0, 0.1) is 0 Å². The number of hydrogen-bond acceptors (Lipinski definition) is 6. The Labute approximate surface area is 85.0 Å². The van der Waals surface area contributed by atoms with Crippen LogP contribution in [0.3, 0.4) is 0 Å². The molecular weight excluding hydrogens is 204 g/mol. The Morgan fingerprint density at radius 1 is 1.20 bits per heavy atom. The summed E-state index contributed by atoms with van der Waals surface area (Å²) in [5.74, 6) is -3.09. The molecule has 0 atom stereocenters. The summed E-state index contributed by atoms with van der Waals surface area (Å²) in [5.41, 5.74) is -0.247. The Balaban J connectivity index is 3.09. The van der Waals surface area contributed by atoms with Crippen LogP contribution in [-0.2, 0) is 16.1 Å². The molecule has 0 amide bonds. The summed E-state index contributed by atoms with van der Waals surface area (Å²) in [5, 5.41) is 36.8. The minimum Gasteiger partial charge on any atom is -0.504 e. The quantitative estimate of drug-likeness (QED) is 0.326. The number of benzene rings is 1. The minimum atomic E-state index is -0.633. The second kappa shape index (κ2) is 3.95. The van der Waals surface area contributed by atoms with E-state index < -0.39 is 35.6 Å². The third-order valence-corrected chi connectivity index (χ3v) is 1.75. The fourth-order valence-corrected chi connectivity index (χ4v) is 0.998. The molecule has 15 heavy (non-hydrogen) atoms. The number of carbonyl (C=O) groups is 1. The van der Waals surface area contributed by atoms with Gasteiger partial charge in [-0.05, 0) is 0 Å². The molecular formula is C9H10O6. The molecule has 0 radical (unpaired) electrons. The molecule has 0 fully saturated rings. The largest absolute Gasteiger partial charge is 0.504 e. The number of aromatic hydroxyl groups is 4. The van der Waals surface area contributed by atoms with Crippen molar-refractivity contribution in [3.05, 3.63) is 11.6 Å². The highest BCUT2D eigenvalue weighted by atomic mass is 16.5.